The van der Waals surface area contributed by atoms with E-state index in [-0.39, 0.29) is 5.56 Å². The topological polar surface area (TPSA) is 42.2 Å². The average Bonchev–Trinajstić information content (AvgIpc) is 2.48. The number of aromatic nitrogens is 1. The SMILES string of the molecule is CCCCCn1c(-c2ccccc2)ccc(C(C)(C)O)c1=O. The summed E-state index contributed by atoms with van der Waals surface area (Å²) in [6.07, 6.45) is 3.17. The zero-order valence-electron chi connectivity index (χ0n) is 13.7. The lowest BCUT2D eigenvalue weighted by Gasteiger charge is -2.21. The van der Waals surface area contributed by atoms with Gasteiger partial charge < -0.3 is 9.67 Å². The predicted molar refractivity (Wildman–Crippen MR) is 90.9 cm³/mol. The molecule has 0 amide bonds. The van der Waals surface area contributed by atoms with Gasteiger partial charge in [-0.1, -0.05) is 50.1 Å². The Bertz CT molecular complexity index is 666. The van der Waals surface area contributed by atoms with Gasteiger partial charge in [-0.3, -0.25) is 4.79 Å². The van der Waals surface area contributed by atoms with E-state index in [1.54, 1.807) is 24.5 Å². The summed E-state index contributed by atoms with van der Waals surface area (Å²) in [5.41, 5.74) is 1.17. The molecule has 22 heavy (non-hydrogen) atoms. The fourth-order valence-corrected chi connectivity index (χ4v) is 2.65. The maximum atomic E-state index is 12.8. The van der Waals surface area contributed by atoms with Crippen molar-refractivity contribution in [3.05, 3.63) is 58.4 Å². The molecule has 1 N–H and O–H groups in total. The Balaban J connectivity index is 2.54. The van der Waals surface area contributed by atoms with Crippen LogP contribution in [0.3, 0.4) is 0 Å². The maximum absolute atomic E-state index is 12.8. The van der Waals surface area contributed by atoms with Crippen molar-refractivity contribution in [3.8, 4) is 11.3 Å². The van der Waals surface area contributed by atoms with Crippen molar-refractivity contribution in [2.75, 3.05) is 0 Å². The standard InChI is InChI=1S/C19H25NO2/c1-4-5-9-14-20-17(15-10-7-6-8-11-15)13-12-16(18(20)21)19(2,3)22/h6-8,10-13,22H,4-5,9,14H2,1-3H3. The van der Waals surface area contributed by atoms with E-state index in [2.05, 4.69) is 6.92 Å². The second kappa shape index (κ2) is 6.93. The minimum Gasteiger partial charge on any atom is -0.386 e. The smallest absolute Gasteiger partial charge is 0.257 e. The summed E-state index contributed by atoms with van der Waals surface area (Å²) in [7, 11) is 0. The molecule has 3 nitrogen and oxygen atoms in total. The third kappa shape index (κ3) is 3.66. The van der Waals surface area contributed by atoms with Crippen LogP contribution in [0.1, 0.15) is 45.6 Å². The molecule has 0 atom stereocenters. The fraction of sp³-hybridized carbons (Fsp3) is 0.421. The first-order valence-corrected chi connectivity index (χ1v) is 7.97. The number of aliphatic hydroxyl groups is 1. The number of unbranched alkanes of at least 4 members (excludes halogenated alkanes) is 2. The van der Waals surface area contributed by atoms with Gasteiger partial charge in [-0.15, -0.1) is 0 Å². The van der Waals surface area contributed by atoms with Crippen LogP contribution in [0.4, 0.5) is 0 Å². The van der Waals surface area contributed by atoms with E-state index in [9.17, 15) is 9.90 Å². The van der Waals surface area contributed by atoms with Crippen molar-refractivity contribution in [2.45, 2.75) is 52.2 Å². The van der Waals surface area contributed by atoms with Gasteiger partial charge in [-0.25, -0.2) is 0 Å². The highest BCUT2D eigenvalue weighted by Gasteiger charge is 2.22. The van der Waals surface area contributed by atoms with Gasteiger partial charge in [0.15, 0.2) is 0 Å². The Morgan fingerprint density at radius 2 is 1.73 bits per heavy atom. The molecule has 0 bridgehead atoms. The lowest BCUT2D eigenvalue weighted by Crippen LogP contribution is -2.32. The molecule has 0 radical (unpaired) electrons. The van der Waals surface area contributed by atoms with E-state index >= 15 is 0 Å². The molecule has 0 aliphatic rings. The quantitative estimate of drug-likeness (QED) is 0.821. The Kier molecular flexibility index (Phi) is 5.19. The largest absolute Gasteiger partial charge is 0.386 e. The summed E-state index contributed by atoms with van der Waals surface area (Å²) in [6, 6.07) is 13.6. The van der Waals surface area contributed by atoms with Crippen molar-refractivity contribution in [3.63, 3.8) is 0 Å². The minimum atomic E-state index is -1.13. The molecule has 118 valence electrons. The summed E-state index contributed by atoms with van der Waals surface area (Å²) in [4.78, 5) is 12.8. The normalized spacial score (nSPS) is 11.6. The summed E-state index contributed by atoms with van der Waals surface area (Å²) in [5.74, 6) is 0. The van der Waals surface area contributed by atoms with Crippen LogP contribution in [0, 0.1) is 0 Å². The summed E-state index contributed by atoms with van der Waals surface area (Å²) in [5, 5.41) is 10.2. The molecule has 0 saturated carbocycles. The van der Waals surface area contributed by atoms with E-state index < -0.39 is 5.60 Å². The van der Waals surface area contributed by atoms with Crippen LogP contribution in [0.25, 0.3) is 11.3 Å². The third-order valence-electron chi connectivity index (χ3n) is 3.89. The van der Waals surface area contributed by atoms with Gasteiger partial charge in [-0.05, 0) is 38.0 Å². The van der Waals surface area contributed by atoms with E-state index in [0.29, 0.717) is 12.1 Å². The van der Waals surface area contributed by atoms with Crippen molar-refractivity contribution in [1.82, 2.24) is 4.57 Å². The lowest BCUT2D eigenvalue weighted by atomic mass is 9.98. The molecule has 0 spiro atoms. The average molecular weight is 299 g/mol. The Morgan fingerprint density at radius 1 is 1.05 bits per heavy atom. The van der Waals surface area contributed by atoms with Crippen molar-refractivity contribution < 1.29 is 5.11 Å². The van der Waals surface area contributed by atoms with Crippen molar-refractivity contribution >= 4 is 0 Å². The molecule has 2 rings (SSSR count). The van der Waals surface area contributed by atoms with Gasteiger partial charge in [0, 0.05) is 12.1 Å². The first-order chi connectivity index (χ1) is 10.4. The molecule has 1 aromatic heterocycles. The minimum absolute atomic E-state index is 0.0926. The van der Waals surface area contributed by atoms with E-state index in [0.717, 1.165) is 30.5 Å². The number of benzene rings is 1. The van der Waals surface area contributed by atoms with Crippen LogP contribution in [0.15, 0.2) is 47.3 Å². The first kappa shape index (κ1) is 16.5. The van der Waals surface area contributed by atoms with Gasteiger partial charge in [-0.2, -0.15) is 0 Å². The third-order valence-corrected chi connectivity index (χ3v) is 3.89. The second-order valence-electron chi connectivity index (χ2n) is 6.22. The lowest BCUT2D eigenvalue weighted by molar-refractivity contribution is 0.0765. The monoisotopic (exact) mass is 299 g/mol. The zero-order valence-corrected chi connectivity index (χ0v) is 13.7. The van der Waals surface area contributed by atoms with Gasteiger partial charge in [0.05, 0.1) is 11.3 Å². The van der Waals surface area contributed by atoms with Gasteiger partial charge in [0.2, 0.25) is 0 Å². The van der Waals surface area contributed by atoms with Gasteiger partial charge >= 0.3 is 0 Å². The molecular weight excluding hydrogens is 274 g/mol. The van der Waals surface area contributed by atoms with E-state index in [4.69, 9.17) is 0 Å². The second-order valence-corrected chi connectivity index (χ2v) is 6.22. The predicted octanol–water partition coefficient (Wildman–Crippen LogP) is 3.93. The summed E-state index contributed by atoms with van der Waals surface area (Å²) < 4.78 is 1.80. The molecular formula is C19H25NO2. The van der Waals surface area contributed by atoms with Gasteiger partial charge in [0.1, 0.15) is 0 Å². The highest BCUT2D eigenvalue weighted by Crippen LogP contribution is 2.22. The van der Waals surface area contributed by atoms with Crippen LogP contribution in [-0.2, 0) is 12.1 Å². The van der Waals surface area contributed by atoms with Crippen molar-refractivity contribution in [1.29, 1.82) is 0 Å². The molecule has 2 aromatic rings. The van der Waals surface area contributed by atoms with E-state index in [1.165, 1.54) is 0 Å². The molecule has 3 heteroatoms. The fourth-order valence-electron chi connectivity index (χ4n) is 2.65. The van der Waals surface area contributed by atoms with Crippen LogP contribution in [-0.4, -0.2) is 9.67 Å². The number of hydrogen-bond donors (Lipinski definition) is 1. The summed E-state index contributed by atoms with van der Waals surface area (Å²) >= 11 is 0. The highest BCUT2D eigenvalue weighted by atomic mass is 16.3. The Hall–Kier alpha value is -1.87. The first-order valence-electron chi connectivity index (χ1n) is 7.97. The molecule has 1 aromatic carbocycles. The molecule has 0 aliphatic carbocycles. The molecule has 0 aliphatic heterocycles. The number of pyridine rings is 1. The van der Waals surface area contributed by atoms with Crippen LogP contribution in [0.2, 0.25) is 0 Å². The number of nitrogens with zero attached hydrogens (tertiary/aromatic N) is 1. The number of rotatable bonds is 6. The molecule has 0 unspecified atom stereocenters. The van der Waals surface area contributed by atoms with Gasteiger partial charge in [0.25, 0.3) is 5.56 Å². The zero-order chi connectivity index (χ0) is 16.2. The Morgan fingerprint density at radius 3 is 2.32 bits per heavy atom. The van der Waals surface area contributed by atoms with Crippen LogP contribution >= 0.6 is 0 Å². The maximum Gasteiger partial charge on any atom is 0.257 e. The molecule has 0 saturated heterocycles. The Labute approximate surface area is 132 Å². The molecule has 1 heterocycles. The highest BCUT2D eigenvalue weighted by molar-refractivity contribution is 5.59. The molecule has 0 fully saturated rings. The van der Waals surface area contributed by atoms with Crippen molar-refractivity contribution in [2.24, 2.45) is 0 Å². The van der Waals surface area contributed by atoms with Crippen LogP contribution in [0.5, 0.6) is 0 Å². The van der Waals surface area contributed by atoms with Crippen LogP contribution < -0.4 is 5.56 Å². The van der Waals surface area contributed by atoms with E-state index in [1.807, 2.05) is 36.4 Å². The summed E-state index contributed by atoms with van der Waals surface area (Å²) in [6.45, 7) is 6.14. The number of hydrogen-bond acceptors (Lipinski definition) is 2.